The summed E-state index contributed by atoms with van der Waals surface area (Å²) in [4.78, 5) is 17.1. The first kappa shape index (κ1) is 16.9. The summed E-state index contributed by atoms with van der Waals surface area (Å²) in [5, 5.41) is 0. The van der Waals surface area contributed by atoms with Crippen LogP contribution in [0.2, 0.25) is 0 Å². The molecular formula is C18H29NO. The second kappa shape index (κ2) is 5.67. The summed E-state index contributed by atoms with van der Waals surface area (Å²) < 4.78 is 0. The van der Waals surface area contributed by atoms with Crippen molar-refractivity contribution >= 4 is 5.78 Å². The van der Waals surface area contributed by atoms with Crippen LogP contribution in [0.15, 0.2) is 18.3 Å². The van der Waals surface area contributed by atoms with Gasteiger partial charge in [-0.3, -0.25) is 9.78 Å². The lowest BCUT2D eigenvalue weighted by Gasteiger charge is -2.37. The molecule has 0 N–H and O–H groups in total. The van der Waals surface area contributed by atoms with Crippen molar-refractivity contribution in [3.8, 4) is 0 Å². The van der Waals surface area contributed by atoms with Crippen molar-refractivity contribution < 1.29 is 4.79 Å². The van der Waals surface area contributed by atoms with Crippen molar-refractivity contribution in [2.45, 2.75) is 61.3 Å². The number of rotatable bonds is 3. The number of carbonyl (C=O) groups excluding carboxylic acids is 1. The predicted octanol–water partition coefficient (Wildman–Crippen LogP) is 4.77. The Morgan fingerprint density at radius 1 is 1.10 bits per heavy atom. The molecule has 0 saturated heterocycles. The second-order valence-corrected chi connectivity index (χ2v) is 7.98. The van der Waals surface area contributed by atoms with E-state index in [1.54, 1.807) is 0 Å². The Hall–Kier alpha value is -1.18. The minimum Gasteiger partial charge on any atom is -0.299 e. The van der Waals surface area contributed by atoms with Crippen LogP contribution in [0.4, 0.5) is 0 Å². The van der Waals surface area contributed by atoms with Gasteiger partial charge in [0.25, 0.3) is 0 Å². The van der Waals surface area contributed by atoms with Gasteiger partial charge >= 0.3 is 0 Å². The smallest absolute Gasteiger partial charge is 0.141 e. The average Bonchev–Trinajstić information content (AvgIpc) is 2.28. The molecule has 0 aliphatic rings. The van der Waals surface area contributed by atoms with E-state index in [-0.39, 0.29) is 22.7 Å². The first-order chi connectivity index (χ1) is 8.94. The van der Waals surface area contributed by atoms with Crippen LogP contribution in [0.1, 0.15) is 65.6 Å². The third kappa shape index (κ3) is 3.91. The minimum absolute atomic E-state index is 0.0143. The Bertz CT molecular complexity index is 460. The average molecular weight is 275 g/mol. The number of nitrogens with zero attached hydrogens (tertiary/aromatic N) is 1. The van der Waals surface area contributed by atoms with Gasteiger partial charge < -0.3 is 0 Å². The number of hydrogen-bond donors (Lipinski definition) is 0. The molecule has 0 radical (unpaired) electrons. The number of carbonyl (C=O) groups is 1. The molecule has 0 amide bonds. The molecule has 0 aliphatic heterocycles. The number of hydrogen-bond acceptors (Lipinski definition) is 2. The van der Waals surface area contributed by atoms with Crippen LogP contribution >= 0.6 is 0 Å². The molecule has 1 aromatic heterocycles. The molecule has 1 unspecified atom stereocenters. The lowest BCUT2D eigenvalue weighted by Crippen LogP contribution is -2.35. The van der Waals surface area contributed by atoms with E-state index in [1.165, 1.54) is 0 Å². The van der Waals surface area contributed by atoms with Crippen LogP contribution in [0.5, 0.6) is 0 Å². The molecule has 2 atom stereocenters. The van der Waals surface area contributed by atoms with Gasteiger partial charge in [0.05, 0.1) is 0 Å². The van der Waals surface area contributed by atoms with Gasteiger partial charge in [0.2, 0.25) is 0 Å². The maximum absolute atomic E-state index is 12.7. The molecule has 0 spiro atoms. The van der Waals surface area contributed by atoms with Crippen molar-refractivity contribution in [1.82, 2.24) is 4.98 Å². The van der Waals surface area contributed by atoms with Crippen LogP contribution in [0, 0.1) is 23.7 Å². The van der Waals surface area contributed by atoms with E-state index in [4.69, 9.17) is 0 Å². The molecule has 1 heterocycles. The highest BCUT2D eigenvalue weighted by Gasteiger charge is 2.38. The molecule has 0 fully saturated rings. The van der Waals surface area contributed by atoms with Crippen LogP contribution in [0.25, 0.3) is 0 Å². The first-order valence-electron chi connectivity index (χ1n) is 7.41. The predicted molar refractivity (Wildman–Crippen MR) is 84.8 cm³/mol. The zero-order valence-corrected chi connectivity index (χ0v) is 14.2. The van der Waals surface area contributed by atoms with Crippen molar-refractivity contribution in [2.75, 3.05) is 0 Å². The van der Waals surface area contributed by atoms with Gasteiger partial charge in [0.1, 0.15) is 5.78 Å². The van der Waals surface area contributed by atoms with Crippen molar-refractivity contribution in [1.29, 1.82) is 0 Å². The molecule has 2 heteroatoms. The van der Waals surface area contributed by atoms with Crippen LogP contribution in [-0.4, -0.2) is 10.8 Å². The Kier molecular flexibility index (Phi) is 4.78. The van der Waals surface area contributed by atoms with E-state index >= 15 is 0 Å². The van der Waals surface area contributed by atoms with Crippen LogP contribution in [-0.2, 0) is 4.79 Å². The molecule has 1 rings (SSSR count). The number of pyridine rings is 1. The Labute approximate surface area is 124 Å². The molecule has 0 saturated carbocycles. The number of aryl methyl sites for hydroxylation is 1. The molecule has 112 valence electrons. The van der Waals surface area contributed by atoms with E-state index < -0.39 is 0 Å². The minimum atomic E-state index is -0.305. The van der Waals surface area contributed by atoms with E-state index in [9.17, 15) is 4.79 Å². The summed E-state index contributed by atoms with van der Waals surface area (Å²) in [6.45, 7) is 16.6. The van der Waals surface area contributed by atoms with Crippen molar-refractivity contribution in [3.63, 3.8) is 0 Å². The number of aromatic nitrogens is 1. The Morgan fingerprint density at radius 3 is 2.00 bits per heavy atom. The second-order valence-electron chi connectivity index (χ2n) is 7.98. The SMILES string of the molecule is Cc1ccc([C@H](C(C)C(=O)C(C)(C)C)C(C)(C)C)cn1. The van der Waals surface area contributed by atoms with Gasteiger partial charge in [0, 0.05) is 23.2 Å². The van der Waals surface area contributed by atoms with E-state index in [0.717, 1.165) is 11.3 Å². The quantitative estimate of drug-likeness (QED) is 0.795. The van der Waals surface area contributed by atoms with Gasteiger partial charge in [-0.1, -0.05) is 54.5 Å². The monoisotopic (exact) mass is 275 g/mol. The summed E-state index contributed by atoms with van der Waals surface area (Å²) in [6, 6.07) is 4.15. The highest BCUT2D eigenvalue weighted by molar-refractivity contribution is 5.86. The van der Waals surface area contributed by atoms with Gasteiger partial charge in [0.15, 0.2) is 0 Å². The standard InChI is InChI=1S/C18H29NO/c1-12-9-10-14(11-19-12)15(17(3,4)5)13(2)16(20)18(6,7)8/h9-11,13,15H,1-8H3/t13?,15-/m0/s1. The van der Waals surface area contributed by atoms with Gasteiger partial charge in [-0.2, -0.15) is 0 Å². The van der Waals surface area contributed by atoms with E-state index in [1.807, 2.05) is 40.0 Å². The molecule has 20 heavy (non-hydrogen) atoms. The lowest BCUT2D eigenvalue weighted by molar-refractivity contribution is -0.131. The van der Waals surface area contributed by atoms with E-state index in [2.05, 4.69) is 38.7 Å². The molecule has 1 aromatic rings. The van der Waals surface area contributed by atoms with Gasteiger partial charge in [-0.25, -0.2) is 0 Å². The highest BCUT2D eigenvalue weighted by Crippen LogP contribution is 2.43. The zero-order valence-electron chi connectivity index (χ0n) is 14.2. The van der Waals surface area contributed by atoms with E-state index in [0.29, 0.717) is 5.78 Å². The fourth-order valence-electron chi connectivity index (χ4n) is 3.04. The van der Waals surface area contributed by atoms with Crippen molar-refractivity contribution in [3.05, 3.63) is 29.6 Å². The van der Waals surface area contributed by atoms with Gasteiger partial charge in [-0.15, -0.1) is 0 Å². The Balaban J connectivity index is 3.21. The van der Waals surface area contributed by atoms with Gasteiger partial charge in [-0.05, 0) is 29.9 Å². The van der Waals surface area contributed by atoms with Crippen LogP contribution in [0.3, 0.4) is 0 Å². The maximum atomic E-state index is 12.7. The lowest BCUT2D eigenvalue weighted by atomic mass is 9.66. The fourth-order valence-corrected chi connectivity index (χ4v) is 3.04. The fraction of sp³-hybridized carbons (Fsp3) is 0.667. The molecule has 2 nitrogen and oxygen atoms in total. The first-order valence-corrected chi connectivity index (χ1v) is 7.41. The molecule has 0 bridgehead atoms. The molecule has 0 aliphatic carbocycles. The molecule has 0 aromatic carbocycles. The maximum Gasteiger partial charge on any atom is 0.141 e. The summed E-state index contributed by atoms with van der Waals surface area (Å²) in [6.07, 6.45) is 1.93. The third-order valence-electron chi connectivity index (χ3n) is 3.88. The van der Waals surface area contributed by atoms with Crippen LogP contribution < -0.4 is 0 Å². The summed E-state index contributed by atoms with van der Waals surface area (Å²) in [7, 11) is 0. The summed E-state index contributed by atoms with van der Waals surface area (Å²) in [5.74, 6) is 0.486. The largest absolute Gasteiger partial charge is 0.299 e. The van der Waals surface area contributed by atoms with Crippen molar-refractivity contribution in [2.24, 2.45) is 16.7 Å². The third-order valence-corrected chi connectivity index (χ3v) is 3.88. The Morgan fingerprint density at radius 2 is 1.65 bits per heavy atom. The highest BCUT2D eigenvalue weighted by atomic mass is 16.1. The number of Topliss-reactive ketones (excluding diaryl/α,β-unsaturated/α-hetero) is 1. The molecular weight excluding hydrogens is 246 g/mol. The number of ketones is 1. The normalized spacial score (nSPS) is 15.8. The summed E-state index contributed by atoms with van der Waals surface area (Å²) in [5.41, 5.74) is 1.89. The summed E-state index contributed by atoms with van der Waals surface area (Å²) >= 11 is 0. The zero-order chi connectivity index (χ0) is 15.7. The topological polar surface area (TPSA) is 30.0 Å².